The van der Waals surface area contributed by atoms with E-state index >= 15 is 0 Å². The summed E-state index contributed by atoms with van der Waals surface area (Å²) in [5.74, 6) is 0.467. The van der Waals surface area contributed by atoms with Crippen molar-refractivity contribution < 1.29 is 9.18 Å². The maximum Gasteiger partial charge on any atom is 0.257 e. The molecule has 1 fully saturated rings. The molecule has 2 aromatic carbocycles. The second-order valence-corrected chi connectivity index (χ2v) is 8.38. The summed E-state index contributed by atoms with van der Waals surface area (Å²) in [5, 5.41) is 6.37. The summed E-state index contributed by atoms with van der Waals surface area (Å²) in [7, 11) is 0. The molecule has 0 radical (unpaired) electrons. The normalized spacial score (nSPS) is 20.7. The third kappa shape index (κ3) is 4.56. The first-order chi connectivity index (χ1) is 14.0. The minimum atomic E-state index is -0.271. The summed E-state index contributed by atoms with van der Waals surface area (Å²) >= 11 is 0. The Morgan fingerprint density at radius 3 is 2.55 bits per heavy atom. The van der Waals surface area contributed by atoms with Crippen molar-refractivity contribution in [2.75, 3.05) is 19.6 Å². The fourth-order valence-corrected chi connectivity index (χ4v) is 4.17. The lowest BCUT2D eigenvalue weighted by atomic mass is 9.97. The molecule has 2 aliphatic heterocycles. The number of nitrogens with zero attached hydrogens (tertiary/aromatic N) is 3. The average Bonchev–Trinajstić information content (AvgIpc) is 3.16. The van der Waals surface area contributed by atoms with Crippen molar-refractivity contribution in [2.45, 2.75) is 39.2 Å². The number of benzene rings is 2. The highest BCUT2D eigenvalue weighted by molar-refractivity contribution is 6.03. The van der Waals surface area contributed by atoms with Crippen molar-refractivity contribution in [3.8, 4) is 0 Å². The SMILES string of the molecule is Cc1cccc(C2=NN(C(=O)CN3CCC(C)CC3)C(c3ccc(F)cc3)C2)c1. The van der Waals surface area contributed by atoms with Crippen LogP contribution < -0.4 is 0 Å². The fraction of sp³-hybridized carbons (Fsp3) is 0.417. The third-order valence-electron chi connectivity index (χ3n) is 6.01. The molecule has 0 N–H and O–H groups in total. The monoisotopic (exact) mass is 393 g/mol. The Kier molecular flexibility index (Phi) is 5.76. The van der Waals surface area contributed by atoms with E-state index in [1.165, 1.54) is 12.1 Å². The molecular weight excluding hydrogens is 365 g/mol. The van der Waals surface area contributed by atoms with Crippen LogP contribution in [0.5, 0.6) is 0 Å². The van der Waals surface area contributed by atoms with Gasteiger partial charge in [0.15, 0.2) is 0 Å². The van der Waals surface area contributed by atoms with Crippen molar-refractivity contribution in [1.29, 1.82) is 0 Å². The zero-order chi connectivity index (χ0) is 20.4. The van der Waals surface area contributed by atoms with Crippen molar-refractivity contribution in [3.05, 3.63) is 71.0 Å². The van der Waals surface area contributed by atoms with Crippen molar-refractivity contribution in [1.82, 2.24) is 9.91 Å². The van der Waals surface area contributed by atoms with Crippen LogP contribution in [-0.2, 0) is 4.79 Å². The molecule has 1 amide bonds. The maximum absolute atomic E-state index is 13.4. The van der Waals surface area contributed by atoms with Crippen LogP contribution >= 0.6 is 0 Å². The van der Waals surface area contributed by atoms with Crippen molar-refractivity contribution in [2.24, 2.45) is 11.0 Å². The largest absolute Gasteiger partial charge is 0.294 e. The summed E-state index contributed by atoms with van der Waals surface area (Å²) in [6.07, 6.45) is 2.90. The number of hydrogen-bond acceptors (Lipinski definition) is 3. The van der Waals surface area contributed by atoms with E-state index in [1.54, 1.807) is 17.1 Å². The Labute approximate surface area is 172 Å². The molecule has 1 saturated heterocycles. The molecule has 4 rings (SSSR count). The van der Waals surface area contributed by atoms with Gasteiger partial charge in [-0.1, -0.05) is 48.9 Å². The van der Waals surface area contributed by atoms with Crippen molar-refractivity contribution >= 4 is 11.6 Å². The van der Waals surface area contributed by atoms with Crippen molar-refractivity contribution in [3.63, 3.8) is 0 Å². The predicted molar refractivity (Wildman–Crippen MR) is 113 cm³/mol. The number of hydrazone groups is 1. The van der Waals surface area contributed by atoms with Crippen LogP contribution in [-0.4, -0.2) is 41.2 Å². The molecule has 152 valence electrons. The summed E-state index contributed by atoms with van der Waals surface area (Å²) < 4.78 is 13.4. The molecule has 4 nitrogen and oxygen atoms in total. The van der Waals surface area contributed by atoms with Gasteiger partial charge in [0.2, 0.25) is 0 Å². The number of aryl methyl sites for hydroxylation is 1. The lowest BCUT2D eigenvalue weighted by molar-refractivity contribution is -0.134. The molecule has 2 heterocycles. The molecule has 2 aromatic rings. The van der Waals surface area contributed by atoms with Gasteiger partial charge in [-0.15, -0.1) is 0 Å². The van der Waals surface area contributed by atoms with Gasteiger partial charge in [0.1, 0.15) is 5.82 Å². The Balaban J connectivity index is 1.58. The highest BCUT2D eigenvalue weighted by Gasteiger charge is 2.34. The minimum Gasteiger partial charge on any atom is -0.294 e. The van der Waals surface area contributed by atoms with E-state index in [9.17, 15) is 9.18 Å². The number of carbonyl (C=O) groups is 1. The van der Waals surface area contributed by atoms with Gasteiger partial charge in [0.25, 0.3) is 5.91 Å². The summed E-state index contributed by atoms with van der Waals surface area (Å²) in [6.45, 7) is 6.61. The van der Waals surface area contributed by atoms with Gasteiger partial charge >= 0.3 is 0 Å². The highest BCUT2D eigenvalue weighted by Crippen LogP contribution is 2.33. The van der Waals surface area contributed by atoms with E-state index in [4.69, 9.17) is 5.10 Å². The molecule has 0 spiro atoms. The average molecular weight is 394 g/mol. The third-order valence-corrected chi connectivity index (χ3v) is 6.01. The Morgan fingerprint density at radius 1 is 1.14 bits per heavy atom. The van der Waals surface area contributed by atoms with Gasteiger partial charge in [0, 0.05) is 6.42 Å². The summed E-state index contributed by atoms with van der Waals surface area (Å²) in [5.41, 5.74) is 4.03. The molecule has 29 heavy (non-hydrogen) atoms. The predicted octanol–water partition coefficient (Wildman–Crippen LogP) is 4.54. The molecule has 5 heteroatoms. The van der Waals surface area contributed by atoms with Crippen LogP contribution in [0.25, 0.3) is 0 Å². The molecule has 2 aliphatic rings. The number of piperidine rings is 1. The van der Waals surface area contributed by atoms with Gasteiger partial charge in [0.05, 0.1) is 18.3 Å². The zero-order valence-electron chi connectivity index (χ0n) is 17.1. The maximum atomic E-state index is 13.4. The lowest BCUT2D eigenvalue weighted by Gasteiger charge is -2.31. The van der Waals surface area contributed by atoms with E-state index in [0.29, 0.717) is 13.0 Å². The molecule has 1 atom stereocenters. The number of amides is 1. The highest BCUT2D eigenvalue weighted by atomic mass is 19.1. The number of halogens is 1. The topological polar surface area (TPSA) is 35.9 Å². The quantitative estimate of drug-likeness (QED) is 0.764. The summed E-state index contributed by atoms with van der Waals surface area (Å²) in [6, 6.07) is 14.4. The van der Waals surface area contributed by atoms with Crippen LogP contribution in [0.1, 0.15) is 48.9 Å². The van der Waals surface area contributed by atoms with E-state index in [1.807, 2.05) is 12.1 Å². The number of hydrogen-bond donors (Lipinski definition) is 0. The van der Waals surface area contributed by atoms with E-state index in [2.05, 4.69) is 30.9 Å². The van der Waals surface area contributed by atoms with Crippen LogP contribution in [0.15, 0.2) is 53.6 Å². The second kappa shape index (κ2) is 8.46. The summed E-state index contributed by atoms with van der Waals surface area (Å²) in [4.78, 5) is 15.4. The first-order valence-corrected chi connectivity index (χ1v) is 10.4. The van der Waals surface area contributed by atoms with E-state index in [-0.39, 0.29) is 17.8 Å². The van der Waals surface area contributed by atoms with Gasteiger partial charge in [-0.25, -0.2) is 9.40 Å². The Morgan fingerprint density at radius 2 is 1.86 bits per heavy atom. The molecule has 0 bridgehead atoms. The first kappa shape index (κ1) is 19.8. The van der Waals surface area contributed by atoms with Crippen LogP contribution in [0.3, 0.4) is 0 Å². The molecule has 0 aromatic heterocycles. The first-order valence-electron chi connectivity index (χ1n) is 10.4. The van der Waals surface area contributed by atoms with Crippen LogP contribution in [0, 0.1) is 18.7 Å². The van der Waals surface area contributed by atoms with E-state index < -0.39 is 0 Å². The van der Waals surface area contributed by atoms with Crippen LogP contribution in [0.4, 0.5) is 4.39 Å². The Bertz CT molecular complexity index is 901. The fourth-order valence-electron chi connectivity index (χ4n) is 4.17. The molecule has 0 aliphatic carbocycles. The van der Waals surface area contributed by atoms with Crippen LogP contribution in [0.2, 0.25) is 0 Å². The standard InChI is InChI=1S/C24H28FN3O/c1-17-10-12-27(13-11-17)16-24(29)28-23(19-6-8-21(25)9-7-19)15-22(26-28)20-5-3-4-18(2)14-20/h3-9,14,17,23H,10-13,15-16H2,1-2H3. The van der Waals surface area contributed by atoms with Gasteiger partial charge in [-0.3, -0.25) is 9.69 Å². The molecule has 1 unspecified atom stereocenters. The zero-order valence-corrected chi connectivity index (χ0v) is 17.1. The number of carbonyl (C=O) groups excluding carboxylic acids is 1. The number of likely N-dealkylation sites (tertiary alicyclic amines) is 1. The van der Waals surface area contributed by atoms with Gasteiger partial charge < -0.3 is 0 Å². The van der Waals surface area contributed by atoms with Gasteiger partial charge in [-0.2, -0.15) is 5.10 Å². The lowest BCUT2D eigenvalue weighted by Crippen LogP contribution is -2.41. The van der Waals surface area contributed by atoms with E-state index in [0.717, 1.165) is 54.3 Å². The Hall–Kier alpha value is -2.53. The molecule has 0 saturated carbocycles. The van der Waals surface area contributed by atoms with Gasteiger partial charge in [-0.05, 0) is 62.0 Å². The smallest absolute Gasteiger partial charge is 0.257 e. The molecular formula is C24H28FN3O. The second-order valence-electron chi connectivity index (χ2n) is 8.38. The minimum absolute atomic E-state index is 0.0107. The number of rotatable bonds is 4.